The van der Waals surface area contributed by atoms with Gasteiger partial charge in [-0.1, -0.05) is 36.8 Å². The minimum absolute atomic E-state index is 0.487. The quantitative estimate of drug-likeness (QED) is 0.806. The van der Waals surface area contributed by atoms with Crippen LogP contribution < -0.4 is 0 Å². The van der Waals surface area contributed by atoms with Crippen molar-refractivity contribution in [3.8, 4) is 17.5 Å². The van der Waals surface area contributed by atoms with Crippen LogP contribution in [0.25, 0.3) is 11.4 Å². The highest BCUT2D eigenvalue weighted by molar-refractivity contribution is 5.57. The van der Waals surface area contributed by atoms with Gasteiger partial charge < -0.3 is 0 Å². The molecule has 3 nitrogen and oxygen atoms in total. The van der Waals surface area contributed by atoms with E-state index in [2.05, 4.69) is 16.0 Å². The molecule has 1 heterocycles. The lowest BCUT2D eigenvalue weighted by Crippen LogP contribution is -2.02. The number of hydrogen-bond donors (Lipinski definition) is 0. The second-order valence-corrected chi connectivity index (χ2v) is 4.29. The monoisotopic (exact) mass is 237 g/mol. The molecular weight excluding hydrogens is 222 g/mol. The fraction of sp³-hybridized carbons (Fsp3) is 0.267. The molecule has 0 unspecified atom stereocenters. The SMILES string of the molecule is CCc1c(C)nc(-c2ccc(C)cc2)nc1C#N. The first-order valence-electron chi connectivity index (χ1n) is 6.00. The third-order valence-corrected chi connectivity index (χ3v) is 2.98. The van der Waals surface area contributed by atoms with Crippen molar-refractivity contribution in [2.24, 2.45) is 0 Å². The number of rotatable bonds is 2. The smallest absolute Gasteiger partial charge is 0.160 e. The molecule has 3 heteroatoms. The zero-order chi connectivity index (χ0) is 13.1. The predicted octanol–water partition coefficient (Wildman–Crippen LogP) is 3.19. The highest BCUT2D eigenvalue weighted by atomic mass is 14.9. The highest BCUT2D eigenvalue weighted by Gasteiger charge is 2.10. The van der Waals surface area contributed by atoms with E-state index in [-0.39, 0.29) is 0 Å². The van der Waals surface area contributed by atoms with Crippen LogP contribution in [0.2, 0.25) is 0 Å². The van der Waals surface area contributed by atoms with Gasteiger partial charge >= 0.3 is 0 Å². The number of nitriles is 1. The van der Waals surface area contributed by atoms with Crippen molar-refractivity contribution in [3.63, 3.8) is 0 Å². The maximum Gasteiger partial charge on any atom is 0.160 e. The third-order valence-electron chi connectivity index (χ3n) is 2.98. The van der Waals surface area contributed by atoms with E-state index >= 15 is 0 Å². The maximum atomic E-state index is 9.15. The van der Waals surface area contributed by atoms with Crippen molar-refractivity contribution < 1.29 is 0 Å². The summed E-state index contributed by atoms with van der Waals surface area (Å²) in [5, 5.41) is 9.15. The Morgan fingerprint density at radius 3 is 2.33 bits per heavy atom. The summed E-state index contributed by atoms with van der Waals surface area (Å²) in [5.74, 6) is 0.626. The fourth-order valence-electron chi connectivity index (χ4n) is 1.94. The van der Waals surface area contributed by atoms with E-state index in [4.69, 9.17) is 5.26 Å². The molecule has 0 saturated carbocycles. The van der Waals surface area contributed by atoms with Gasteiger partial charge in [0.25, 0.3) is 0 Å². The van der Waals surface area contributed by atoms with Gasteiger partial charge in [0.1, 0.15) is 11.8 Å². The van der Waals surface area contributed by atoms with E-state index in [1.54, 1.807) is 0 Å². The van der Waals surface area contributed by atoms with E-state index in [9.17, 15) is 0 Å². The first-order valence-corrected chi connectivity index (χ1v) is 6.00. The van der Waals surface area contributed by atoms with Gasteiger partial charge in [0.2, 0.25) is 0 Å². The van der Waals surface area contributed by atoms with E-state index in [0.29, 0.717) is 11.5 Å². The van der Waals surface area contributed by atoms with Gasteiger partial charge in [-0.25, -0.2) is 9.97 Å². The molecule has 0 aliphatic heterocycles. The second-order valence-electron chi connectivity index (χ2n) is 4.29. The molecule has 0 bridgehead atoms. The van der Waals surface area contributed by atoms with Crippen LogP contribution in [-0.2, 0) is 6.42 Å². The van der Waals surface area contributed by atoms with Crippen molar-refractivity contribution >= 4 is 0 Å². The van der Waals surface area contributed by atoms with Gasteiger partial charge in [0.05, 0.1) is 0 Å². The lowest BCUT2D eigenvalue weighted by Gasteiger charge is -2.07. The Morgan fingerprint density at radius 1 is 1.11 bits per heavy atom. The number of benzene rings is 1. The first-order chi connectivity index (χ1) is 8.65. The van der Waals surface area contributed by atoms with Crippen LogP contribution in [0.1, 0.15) is 29.4 Å². The summed E-state index contributed by atoms with van der Waals surface area (Å²) in [5.41, 5.74) is 4.46. The standard InChI is InChI=1S/C15H15N3/c1-4-13-11(3)17-15(18-14(13)9-16)12-7-5-10(2)6-8-12/h5-8H,4H2,1-3H3. The van der Waals surface area contributed by atoms with Crippen LogP contribution in [0.15, 0.2) is 24.3 Å². The Labute approximate surface area is 107 Å². The molecule has 0 N–H and O–H groups in total. The Kier molecular flexibility index (Phi) is 3.38. The van der Waals surface area contributed by atoms with Crippen molar-refractivity contribution in [2.75, 3.05) is 0 Å². The number of aromatic nitrogens is 2. The summed E-state index contributed by atoms with van der Waals surface area (Å²) < 4.78 is 0. The molecule has 0 saturated heterocycles. The molecule has 0 aliphatic carbocycles. The fourth-order valence-corrected chi connectivity index (χ4v) is 1.94. The normalized spacial score (nSPS) is 10.1. The van der Waals surface area contributed by atoms with Crippen molar-refractivity contribution in [2.45, 2.75) is 27.2 Å². The Morgan fingerprint density at radius 2 is 1.78 bits per heavy atom. The van der Waals surface area contributed by atoms with Gasteiger partial charge in [-0.05, 0) is 20.3 Å². The third kappa shape index (κ3) is 2.23. The van der Waals surface area contributed by atoms with E-state index in [0.717, 1.165) is 23.2 Å². The second kappa shape index (κ2) is 4.97. The summed E-state index contributed by atoms with van der Waals surface area (Å²) in [4.78, 5) is 8.84. The summed E-state index contributed by atoms with van der Waals surface area (Å²) >= 11 is 0. The van der Waals surface area contributed by atoms with Crippen molar-refractivity contribution in [1.29, 1.82) is 5.26 Å². The average Bonchev–Trinajstić information content (AvgIpc) is 2.38. The summed E-state index contributed by atoms with van der Waals surface area (Å²) in [6.07, 6.45) is 0.781. The van der Waals surface area contributed by atoms with Gasteiger partial charge in [-0.15, -0.1) is 0 Å². The van der Waals surface area contributed by atoms with Crippen LogP contribution in [0.5, 0.6) is 0 Å². The molecular formula is C15H15N3. The van der Waals surface area contributed by atoms with Crippen LogP contribution in [0, 0.1) is 25.2 Å². The molecule has 0 fully saturated rings. The van der Waals surface area contributed by atoms with Gasteiger partial charge in [0.15, 0.2) is 5.82 Å². The van der Waals surface area contributed by atoms with Crippen LogP contribution in [-0.4, -0.2) is 9.97 Å². The zero-order valence-electron chi connectivity index (χ0n) is 10.9. The first kappa shape index (κ1) is 12.3. The summed E-state index contributed by atoms with van der Waals surface area (Å²) in [6, 6.07) is 10.2. The molecule has 2 aromatic rings. The number of nitrogens with zero attached hydrogens (tertiary/aromatic N) is 3. The Bertz CT molecular complexity index is 607. The largest absolute Gasteiger partial charge is 0.233 e. The predicted molar refractivity (Wildman–Crippen MR) is 71.0 cm³/mol. The molecule has 2 rings (SSSR count). The molecule has 1 aromatic heterocycles. The minimum Gasteiger partial charge on any atom is -0.233 e. The maximum absolute atomic E-state index is 9.15. The summed E-state index contributed by atoms with van der Waals surface area (Å²) in [7, 11) is 0. The number of aryl methyl sites for hydroxylation is 2. The van der Waals surface area contributed by atoms with Crippen LogP contribution in [0.4, 0.5) is 0 Å². The molecule has 0 atom stereocenters. The van der Waals surface area contributed by atoms with Gasteiger partial charge in [-0.3, -0.25) is 0 Å². The molecule has 18 heavy (non-hydrogen) atoms. The molecule has 0 amide bonds. The van der Waals surface area contributed by atoms with Crippen LogP contribution >= 0.6 is 0 Å². The molecule has 0 aliphatic rings. The average molecular weight is 237 g/mol. The van der Waals surface area contributed by atoms with Crippen LogP contribution in [0.3, 0.4) is 0 Å². The van der Waals surface area contributed by atoms with Gasteiger partial charge in [0, 0.05) is 16.8 Å². The Hall–Kier alpha value is -2.21. The lowest BCUT2D eigenvalue weighted by atomic mass is 10.1. The highest BCUT2D eigenvalue weighted by Crippen LogP contribution is 2.19. The molecule has 0 spiro atoms. The van der Waals surface area contributed by atoms with E-state index in [1.165, 1.54) is 5.56 Å². The van der Waals surface area contributed by atoms with Crippen molar-refractivity contribution in [3.05, 3.63) is 46.8 Å². The topological polar surface area (TPSA) is 49.6 Å². The minimum atomic E-state index is 0.487. The zero-order valence-corrected chi connectivity index (χ0v) is 10.9. The number of hydrogen-bond acceptors (Lipinski definition) is 3. The van der Waals surface area contributed by atoms with Gasteiger partial charge in [-0.2, -0.15) is 5.26 Å². The van der Waals surface area contributed by atoms with E-state index in [1.807, 2.05) is 45.0 Å². The van der Waals surface area contributed by atoms with E-state index < -0.39 is 0 Å². The van der Waals surface area contributed by atoms with Crippen molar-refractivity contribution in [1.82, 2.24) is 9.97 Å². The Balaban J connectivity index is 2.57. The molecule has 0 radical (unpaired) electrons. The molecule has 1 aromatic carbocycles. The lowest BCUT2D eigenvalue weighted by molar-refractivity contribution is 0.985. The molecule has 90 valence electrons. The summed E-state index contributed by atoms with van der Waals surface area (Å²) in [6.45, 7) is 5.98.